The molecular formula is C18H25ClN4O3. The average Bonchev–Trinajstić information content (AvgIpc) is 2.90. The van der Waals surface area contributed by atoms with Crippen molar-refractivity contribution in [2.75, 3.05) is 50.7 Å². The summed E-state index contributed by atoms with van der Waals surface area (Å²) < 4.78 is 0. The molecule has 2 saturated heterocycles. The van der Waals surface area contributed by atoms with E-state index in [0.717, 1.165) is 13.1 Å². The molecule has 0 aliphatic carbocycles. The molecule has 0 saturated carbocycles. The van der Waals surface area contributed by atoms with Gasteiger partial charge in [-0.2, -0.15) is 0 Å². The van der Waals surface area contributed by atoms with Gasteiger partial charge in [0.25, 0.3) is 5.69 Å². The summed E-state index contributed by atoms with van der Waals surface area (Å²) in [7, 11) is 0. The summed E-state index contributed by atoms with van der Waals surface area (Å²) in [5.74, 6) is 0.164. The molecule has 26 heavy (non-hydrogen) atoms. The van der Waals surface area contributed by atoms with Gasteiger partial charge in [0.1, 0.15) is 5.69 Å². The fraction of sp³-hybridized carbons (Fsp3) is 0.611. The summed E-state index contributed by atoms with van der Waals surface area (Å²) in [5.41, 5.74) is 0.584. The largest absolute Gasteiger partial charge is 0.362 e. The zero-order valence-corrected chi connectivity index (χ0v) is 15.7. The van der Waals surface area contributed by atoms with Gasteiger partial charge in [-0.15, -0.1) is 0 Å². The molecule has 1 aromatic carbocycles. The third-order valence-electron chi connectivity index (χ3n) is 5.16. The van der Waals surface area contributed by atoms with Crippen molar-refractivity contribution in [2.24, 2.45) is 0 Å². The average molecular weight is 381 g/mol. The molecule has 2 heterocycles. The second kappa shape index (κ2) is 8.68. The Morgan fingerprint density at radius 3 is 2.31 bits per heavy atom. The Balaban J connectivity index is 1.57. The van der Waals surface area contributed by atoms with Crippen LogP contribution in [0.1, 0.15) is 25.7 Å². The molecule has 2 aliphatic rings. The van der Waals surface area contributed by atoms with Crippen LogP contribution in [0.25, 0.3) is 0 Å². The van der Waals surface area contributed by atoms with E-state index in [4.69, 9.17) is 11.6 Å². The molecule has 142 valence electrons. The van der Waals surface area contributed by atoms with E-state index >= 15 is 0 Å². The first-order valence-corrected chi connectivity index (χ1v) is 9.61. The van der Waals surface area contributed by atoms with Crippen molar-refractivity contribution in [3.63, 3.8) is 0 Å². The van der Waals surface area contributed by atoms with E-state index in [1.807, 2.05) is 9.80 Å². The number of carbonyl (C=O) groups excluding carboxylic acids is 1. The van der Waals surface area contributed by atoms with Crippen LogP contribution >= 0.6 is 11.6 Å². The minimum absolute atomic E-state index is 0.0156. The molecule has 1 amide bonds. The topological polar surface area (TPSA) is 69.9 Å². The van der Waals surface area contributed by atoms with Gasteiger partial charge in [-0.05, 0) is 38.1 Å². The van der Waals surface area contributed by atoms with Gasteiger partial charge in [-0.1, -0.05) is 24.4 Å². The number of hydrogen-bond acceptors (Lipinski definition) is 5. The third kappa shape index (κ3) is 4.65. The number of halogens is 1. The van der Waals surface area contributed by atoms with E-state index in [-0.39, 0.29) is 11.6 Å². The van der Waals surface area contributed by atoms with Gasteiger partial charge < -0.3 is 9.80 Å². The monoisotopic (exact) mass is 380 g/mol. The summed E-state index contributed by atoms with van der Waals surface area (Å²) in [6, 6.07) is 4.74. The molecule has 0 unspecified atom stereocenters. The molecule has 2 aliphatic heterocycles. The first kappa shape index (κ1) is 18.9. The molecule has 8 heteroatoms. The van der Waals surface area contributed by atoms with E-state index in [1.165, 1.54) is 31.7 Å². The number of benzene rings is 1. The highest BCUT2D eigenvalue weighted by Crippen LogP contribution is 2.31. The Morgan fingerprint density at radius 1 is 1.04 bits per heavy atom. The molecule has 7 nitrogen and oxygen atoms in total. The lowest BCUT2D eigenvalue weighted by atomic mass is 10.2. The maximum Gasteiger partial charge on any atom is 0.294 e. The number of nitro benzene ring substituents is 1. The Kier molecular flexibility index (Phi) is 6.32. The minimum Gasteiger partial charge on any atom is -0.362 e. The second-order valence-corrected chi connectivity index (χ2v) is 7.38. The highest BCUT2D eigenvalue weighted by molar-refractivity contribution is 6.30. The van der Waals surface area contributed by atoms with Gasteiger partial charge in [0.2, 0.25) is 5.91 Å². The number of rotatable bonds is 4. The molecule has 0 aromatic heterocycles. The van der Waals surface area contributed by atoms with Crippen molar-refractivity contribution < 1.29 is 9.72 Å². The molecular weight excluding hydrogens is 356 g/mol. The number of piperazine rings is 1. The van der Waals surface area contributed by atoms with Crippen LogP contribution in [0.3, 0.4) is 0 Å². The zero-order valence-electron chi connectivity index (χ0n) is 14.9. The van der Waals surface area contributed by atoms with Gasteiger partial charge in [0, 0.05) is 37.3 Å². The Bertz CT molecular complexity index is 654. The first-order valence-electron chi connectivity index (χ1n) is 9.23. The number of hydrogen-bond donors (Lipinski definition) is 0. The van der Waals surface area contributed by atoms with Gasteiger partial charge in [-0.25, -0.2) is 0 Å². The summed E-state index contributed by atoms with van der Waals surface area (Å²) in [6.45, 7) is 4.85. The van der Waals surface area contributed by atoms with Gasteiger partial charge >= 0.3 is 0 Å². The molecule has 1 aromatic rings. The molecule has 0 radical (unpaired) electrons. The lowest BCUT2D eigenvalue weighted by molar-refractivity contribution is -0.384. The third-order valence-corrected chi connectivity index (χ3v) is 5.40. The SMILES string of the molecule is O=C(CN1CCCCCC1)N1CCN(c2ccc(Cl)cc2[N+](=O)[O-])CC1. The predicted octanol–water partition coefficient (Wildman–Crippen LogP) is 2.77. The second-order valence-electron chi connectivity index (χ2n) is 6.95. The van der Waals surface area contributed by atoms with Crippen molar-refractivity contribution in [3.05, 3.63) is 33.3 Å². The van der Waals surface area contributed by atoms with E-state index in [9.17, 15) is 14.9 Å². The lowest BCUT2D eigenvalue weighted by Crippen LogP contribution is -2.51. The summed E-state index contributed by atoms with van der Waals surface area (Å²) in [5, 5.41) is 11.6. The molecule has 0 atom stereocenters. The maximum absolute atomic E-state index is 12.6. The van der Waals surface area contributed by atoms with Crippen LogP contribution in [0.4, 0.5) is 11.4 Å². The summed E-state index contributed by atoms with van der Waals surface area (Å²) in [6.07, 6.45) is 4.84. The highest BCUT2D eigenvalue weighted by Gasteiger charge is 2.26. The molecule has 3 rings (SSSR count). The normalized spacial score (nSPS) is 19.3. The summed E-state index contributed by atoms with van der Waals surface area (Å²) in [4.78, 5) is 29.6. The fourth-order valence-electron chi connectivity index (χ4n) is 3.69. The smallest absolute Gasteiger partial charge is 0.294 e. The van der Waals surface area contributed by atoms with Crippen LogP contribution in [0.2, 0.25) is 5.02 Å². The van der Waals surface area contributed by atoms with Crippen molar-refractivity contribution in [3.8, 4) is 0 Å². The van der Waals surface area contributed by atoms with E-state index in [2.05, 4.69) is 4.90 Å². The lowest BCUT2D eigenvalue weighted by Gasteiger charge is -2.36. The fourth-order valence-corrected chi connectivity index (χ4v) is 3.86. The standard InChI is InChI=1S/C18H25ClN4O3/c19-15-5-6-16(17(13-15)23(25)26)21-9-11-22(12-10-21)18(24)14-20-7-3-1-2-4-8-20/h5-6,13H,1-4,7-12,14H2. The Morgan fingerprint density at radius 2 is 1.69 bits per heavy atom. The van der Waals surface area contributed by atoms with Gasteiger partial charge in [0.05, 0.1) is 11.5 Å². The van der Waals surface area contributed by atoms with E-state index < -0.39 is 4.92 Å². The van der Waals surface area contributed by atoms with Crippen LogP contribution < -0.4 is 4.90 Å². The van der Waals surface area contributed by atoms with Crippen LogP contribution in [-0.4, -0.2) is 66.4 Å². The Labute approximate surface area is 158 Å². The maximum atomic E-state index is 12.6. The number of likely N-dealkylation sites (tertiary alicyclic amines) is 1. The van der Waals surface area contributed by atoms with Gasteiger partial charge in [-0.3, -0.25) is 19.8 Å². The van der Waals surface area contributed by atoms with Crippen molar-refractivity contribution in [2.45, 2.75) is 25.7 Å². The van der Waals surface area contributed by atoms with Crippen LogP contribution in [0, 0.1) is 10.1 Å². The highest BCUT2D eigenvalue weighted by atomic mass is 35.5. The molecule has 2 fully saturated rings. The van der Waals surface area contributed by atoms with Crippen molar-refractivity contribution in [1.29, 1.82) is 0 Å². The number of anilines is 1. The van der Waals surface area contributed by atoms with Gasteiger partial charge in [0.15, 0.2) is 0 Å². The number of nitro groups is 1. The number of amides is 1. The molecule has 0 N–H and O–H groups in total. The van der Waals surface area contributed by atoms with Crippen molar-refractivity contribution in [1.82, 2.24) is 9.80 Å². The predicted molar refractivity (Wildman–Crippen MR) is 102 cm³/mol. The molecule has 0 bridgehead atoms. The van der Waals surface area contributed by atoms with Crippen molar-refractivity contribution >= 4 is 28.9 Å². The van der Waals surface area contributed by atoms with Crippen LogP contribution in [0.15, 0.2) is 18.2 Å². The molecule has 0 spiro atoms. The zero-order chi connectivity index (χ0) is 18.5. The minimum atomic E-state index is -0.405. The summed E-state index contributed by atoms with van der Waals surface area (Å²) >= 11 is 5.89. The quantitative estimate of drug-likeness (QED) is 0.593. The number of carbonyl (C=O) groups is 1. The van der Waals surface area contributed by atoms with Crippen LogP contribution in [-0.2, 0) is 4.79 Å². The van der Waals surface area contributed by atoms with E-state index in [1.54, 1.807) is 12.1 Å². The first-order chi connectivity index (χ1) is 12.5. The van der Waals surface area contributed by atoms with Crippen LogP contribution in [0.5, 0.6) is 0 Å². The number of nitrogens with zero attached hydrogens (tertiary/aromatic N) is 4. The van der Waals surface area contributed by atoms with E-state index in [0.29, 0.717) is 43.4 Å². The Hall–Kier alpha value is -1.86.